The SMILES string of the molecule is Cc1nc(-c2ccccc2NC(=O)c2nn(Cc3ccccc3)c(=O)c3ccccc23)no1. The van der Waals surface area contributed by atoms with Crippen LogP contribution in [0.5, 0.6) is 0 Å². The van der Waals surface area contributed by atoms with Gasteiger partial charge in [0.2, 0.25) is 11.7 Å². The number of aryl methyl sites for hydroxylation is 1. The maximum absolute atomic E-state index is 13.4. The average molecular weight is 437 g/mol. The quantitative estimate of drug-likeness (QED) is 0.445. The van der Waals surface area contributed by atoms with Gasteiger partial charge in [-0.3, -0.25) is 9.59 Å². The smallest absolute Gasteiger partial charge is 0.276 e. The predicted molar refractivity (Wildman–Crippen MR) is 124 cm³/mol. The summed E-state index contributed by atoms with van der Waals surface area (Å²) in [6.07, 6.45) is 0. The molecule has 5 rings (SSSR count). The van der Waals surface area contributed by atoms with Crippen molar-refractivity contribution in [3.63, 3.8) is 0 Å². The van der Waals surface area contributed by atoms with Crippen molar-refractivity contribution in [2.75, 3.05) is 5.32 Å². The lowest BCUT2D eigenvalue weighted by atomic mass is 10.1. The Hall–Kier alpha value is -4.59. The third-order valence-corrected chi connectivity index (χ3v) is 5.20. The summed E-state index contributed by atoms with van der Waals surface area (Å²) < 4.78 is 6.40. The zero-order chi connectivity index (χ0) is 22.8. The molecule has 5 aromatic rings. The van der Waals surface area contributed by atoms with E-state index in [1.165, 1.54) is 4.68 Å². The summed E-state index contributed by atoms with van der Waals surface area (Å²) in [6.45, 7) is 1.95. The molecule has 0 saturated carbocycles. The van der Waals surface area contributed by atoms with E-state index < -0.39 is 5.91 Å². The summed E-state index contributed by atoms with van der Waals surface area (Å²) in [5, 5.41) is 12.2. The molecule has 0 aliphatic carbocycles. The van der Waals surface area contributed by atoms with Gasteiger partial charge < -0.3 is 9.84 Å². The predicted octanol–water partition coefficient (Wildman–Crippen LogP) is 4.06. The summed E-state index contributed by atoms with van der Waals surface area (Å²) >= 11 is 0. The number of benzene rings is 3. The van der Waals surface area contributed by atoms with Gasteiger partial charge in [-0.25, -0.2) is 4.68 Å². The average Bonchev–Trinajstić information content (AvgIpc) is 3.28. The van der Waals surface area contributed by atoms with Crippen molar-refractivity contribution in [1.82, 2.24) is 19.9 Å². The summed E-state index contributed by atoms with van der Waals surface area (Å²) in [5.74, 6) is 0.350. The molecule has 0 saturated heterocycles. The van der Waals surface area contributed by atoms with Crippen LogP contribution in [-0.4, -0.2) is 25.8 Å². The number of para-hydroxylation sites is 1. The van der Waals surface area contributed by atoms with Gasteiger partial charge in [-0.15, -0.1) is 0 Å². The van der Waals surface area contributed by atoms with Crippen molar-refractivity contribution >= 4 is 22.4 Å². The van der Waals surface area contributed by atoms with Crippen molar-refractivity contribution < 1.29 is 9.32 Å². The Morgan fingerprint density at radius 2 is 1.64 bits per heavy atom. The van der Waals surface area contributed by atoms with E-state index in [0.717, 1.165) is 5.56 Å². The van der Waals surface area contributed by atoms with E-state index in [1.807, 2.05) is 36.4 Å². The number of hydrogen-bond acceptors (Lipinski definition) is 6. The Bertz CT molecular complexity index is 1520. The Morgan fingerprint density at radius 3 is 2.39 bits per heavy atom. The summed E-state index contributed by atoms with van der Waals surface area (Å²) in [5.41, 5.74) is 1.93. The molecule has 3 aromatic carbocycles. The maximum atomic E-state index is 13.4. The molecule has 8 nitrogen and oxygen atoms in total. The fraction of sp³-hybridized carbons (Fsp3) is 0.0800. The molecule has 0 atom stereocenters. The number of nitrogens with zero attached hydrogens (tertiary/aromatic N) is 4. The van der Waals surface area contributed by atoms with Crippen molar-refractivity contribution in [3.05, 3.63) is 106 Å². The van der Waals surface area contributed by atoms with Crippen LogP contribution in [-0.2, 0) is 6.54 Å². The fourth-order valence-electron chi connectivity index (χ4n) is 3.64. The normalized spacial score (nSPS) is 10.9. The van der Waals surface area contributed by atoms with Gasteiger partial charge in [0.05, 0.1) is 17.6 Å². The molecule has 1 N–H and O–H groups in total. The van der Waals surface area contributed by atoms with E-state index in [2.05, 4.69) is 20.6 Å². The number of amides is 1. The molecule has 8 heteroatoms. The van der Waals surface area contributed by atoms with Crippen LogP contribution in [0.15, 0.2) is 88.2 Å². The largest absolute Gasteiger partial charge is 0.339 e. The topological polar surface area (TPSA) is 103 Å². The van der Waals surface area contributed by atoms with Crippen LogP contribution >= 0.6 is 0 Å². The van der Waals surface area contributed by atoms with Gasteiger partial charge >= 0.3 is 0 Å². The minimum atomic E-state index is -0.444. The van der Waals surface area contributed by atoms with E-state index in [-0.39, 0.29) is 17.8 Å². The van der Waals surface area contributed by atoms with Crippen LogP contribution in [0.3, 0.4) is 0 Å². The monoisotopic (exact) mass is 437 g/mol. The standard InChI is InChI=1S/C25H19N5O3/c1-16-26-23(29-33-16)20-13-7-8-14-21(20)27-24(31)22-18-11-5-6-12-19(18)25(32)30(28-22)15-17-9-3-2-4-10-17/h2-14H,15H2,1H3,(H,27,31). The highest BCUT2D eigenvalue weighted by Gasteiger charge is 2.19. The van der Waals surface area contributed by atoms with Crippen LogP contribution in [0.4, 0.5) is 5.69 Å². The van der Waals surface area contributed by atoms with Gasteiger partial charge in [-0.1, -0.05) is 65.8 Å². The third-order valence-electron chi connectivity index (χ3n) is 5.20. The molecular weight excluding hydrogens is 418 g/mol. The van der Waals surface area contributed by atoms with Crippen molar-refractivity contribution in [1.29, 1.82) is 0 Å². The molecule has 0 unspecified atom stereocenters. The van der Waals surface area contributed by atoms with Gasteiger partial charge in [0.15, 0.2) is 5.69 Å². The number of rotatable bonds is 5. The number of aromatic nitrogens is 4. The number of carbonyl (C=O) groups is 1. The van der Waals surface area contributed by atoms with Crippen LogP contribution in [0.2, 0.25) is 0 Å². The van der Waals surface area contributed by atoms with Crippen LogP contribution < -0.4 is 10.9 Å². The summed E-state index contributed by atoms with van der Waals surface area (Å²) in [4.78, 5) is 30.7. The third kappa shape index (κ3) is 4.01. The fourth-order valence-corrected chi connectivity index (χ4v) is 3.64. The number of fused-ring (bicyclic) bond motifs is 1. The molecule has 1 amide bonds. The second-order valence-electron chi connectivity index (χ2n) is 7.48. The van der Waals surface area contributed by atoms with Crippen LogP contribution in [0.25, 0.3) is 22.2 Å². The molecule has 2 heterocycles. The van der Waals surface area contributed by atoms with E-state index >= 15 is 0 Å². The molecule has 0 aliphatic rings. The van der Waals surface area contributed by atoms with Gasteiger partial charge in [0.1, 0.15) is 0 Å². The van der Waals surface area contributed by atoms with E-state index in [1.54, 1.807) is 49.4 Å². The highest BCUT2D eigenvalue weighted by atomic mass is 16.5. The van der Waals surface area contributed by atoms with Gasteiger partial charge in [-0.05, 0) is 23.8 Å². The first-order valence-electron chi connectivity index (χ1n) is 10.3. The minimum Gasteiger partial charge on any atom is -0.339 e. The van der Waals surface area contributed by atoms with Crippen LogP contribution in [0.1, 0.15) is 21.9 Å². The summed E-state index contributed by atoms with van der Waals surface area (Å²) in [6, 6.07) is 23.6. The first-order chi connectivity index (χ1) is 16.1. The van der Waals surface area contributed by atoms with E-state index in [4.69, 9.17) is 4.52 Å². The molecule has 0 fully saturated rings. The molecule has 0 aliphatic heterocycles. The first kappa shape index (κ1) is 20.3. The highest BCUT2D eigenvalue weighted by molar-refractivity contribution is 6.12. The lowest BCUT2D eigenvalue weighted by molar-refractivity contribution is 0.102. The van der Waals surface area contributed by atoms with Crippen molar-refractivity contribution in [2.24, 2.45) is 0 Å². The number of nitrogens with one attached hydrogen (secondary N) is 1. The Labute approximate surface area is 188 Å². The Balaban J connectivity index is 1.57. The van der Waals surface area contributed by atoms with Gasteiger partial charge in [-0.2, -0.15) is 10.1 Å². The lowest BCUT2D eigenvalue weighted by Crippen LogP contribution is -2.28. The van der Waals surface area contributed by atoms with Gasteiger partial charge in [0, 0.05) is 17.9 Å². The molecule has 0 bridgehead atoms. The molecule has 0 spiro atoms. The zero-order valence-corrected chi connectivity index (χ0v) is 17.7. The highest BCUT2D eigenvalue weighted by Crippen LogP contribution is 2.26. The maximum Gasteiger partial charge on any atom is 0.276 e. The number of anilines is 1. The number of hydrogen-bond donors (Lipinski definition) is 1. The van der Waals surface area contributed by atoms with Crippen LogP contribution in [0, 0.1) is 6.92 Å². The molecule has 33 heavy (non-hydrogen) atoms. The number of carbonyl (C=O) groups excluding carboxylic acids is 1. The Kier molecular flexibility index (Phi) is 5.24. The Morgan fingerprint density at radius 1 is 0.939 bits per heavy atom. The first-order valence-corrected chi connectivity index (χ1v) is 10.3. The van der Waals surface area contributed by atoms with Gasteiger partial charge in [0.25, 0.3) is 11.5 Å². The minimum absolute atomic E-state index is 0.153. The van der Waals surface area contributed by atoms with E-state index in [0.29, 0.717) is 33.7 Å². The second kappa shape index (κ2) is 8.51. The molecule has 2 aromatic heterocycles. The van der Waals surface area contributed by atoms with E-state index in [9.17, 15) is 9.59 Å². The molecule has 162 valence electrons. The lowest BCUT2D eigenvalue weighted by Gasteiger charge is -2.12. The zero-order valence-electron chi connectivity index (χ0n) is 17.7. The molecule has 0 radical (unpaired) electrons. The van der Waals surface area contributed by atoms with Crippen molar-refractivity contribution in [3.8, 4) is 11.4 Å². The van der Waals surface area contributed by atoms with Crippen molar-refractivity contribution in [2.45, 2.75) is 13.5 Å². The second-order valence-corrected chi connectivity index (χ2v) is 7.48. The molecular formula is C25H19N5O3. The summed E-state index contributed by atoms with van der Waals surface area (Å²) in [7, 11) is 0.